The van der Waals surface area contributed by atoms with E-state index in [4.69, 9.17) is 0 Å². The van der Waals surface area contributed by atoms with Crippen LogP contribution in [0.2, 0.25) is 0 Å². The van der Waals surface area contributed by atoms with E-state index in [2.05, 4.69) is 5.32 Å². The van der Waals surface area contributed by atoms with Gasteiger partial charge in [0.2, 0.25) is 10.0 Å². The van der Waals surface area contributed by atoms with Gasteiger partial charge >= 0.3 is 6.18 Å². The van der Waals surface area contributed by atoms with E-state index in [0.29, 0.717) is 16.4 Å². The lowest BCUT2D eigenvalue weighted by molar-refractivity contribution is -0.134. The molecule has 1 N–H and O–H groups in total. The van der Waals surface area contributed by atoms with Crippen molar-refractivity contribution in [2.45, 2.75) is 25.4 Å². The standard InChI is InChI=1S/C13H19F3N2O2S/c1-3-17-8-11-5-4-6-12(7-11)9-21(19,20)18(2)10-13(14,15)16/h4-7,17H,3,8-10H2,1-2H3. The monoisotopic (exact) mass is 324 g/mol. The van der Waals surface area contributed by atoms with E-state index < -0.39 is 28.5 Å². The summed E-state index contributed by atoms with van der Waals surface area (Å²) in [5.41, 5.74) is 1.36. The van der Waals surface area contributed by atoms with Gasteiger partial charge in [0.1, 0.15) is 6.54 Å². The number of hydrogen-bond acceptors (Lipinski definition) is 3. The van der Waals surface area contributed by atoms with Crippen LogP contribution in [0.3, 0.4) is 0 Å². The third-order valence-electron chi connectivity index (χ3n) is 2.80. The van der Waals surface area contributed by atoms with Crippen molar-refractivity contribution < 1.29 is 21.6 Å². The Labute approximate surface area is 123 Å². The second kappa shape index (κ2) is 7.24. The van der Waals surface area contributed by atoms with Gasteiger partial charge in [-0.2, -0.15) is 17.5 Å². The van der Waals surface area contributed by atoms with Crippen LogP contribution in [0.5, 0.6) is 0 Å². The highest BCUT2D eigenvalue weighted by Gasteiger charge is 2.34. The summed E-state index contributed by atoms with van der Waals surface area (Å²) in [7, 11) is -3.06. The molecule has 0 saturated carbocycles. The van der Waals surface area contributed by atoms with Crippen molar-refractivity contribution in [2.75, 3.05) is 20.1 Å². The molecule has 4 nitrogen and oxygen atoms in total. The minimum atomic E-state index is -4.55. The molecule has 1 aromatic rings. The van der Waals surface area contributed by atoms with E-state index >= 15 is 0 Å². The quantitative estimate of drug-likeness (QED) is 0.836. The van der Waals surface area contributed by atoms with Gasteiger partial charge in [-0.25, -0.2) is 8.42 Å². The van der Waals surface area contributed by atoms with Gasteiger partial charge < -0.3 is 5.32 Å². The van der Waals surface area contributed by atoms with Crippen LogP contribution < -0.4 is 5.32 Å². The van der Waals surface area contributed by atoms with Gasteiger partial charge in [0.05, 0.1) is 5.75 Å². The van der Waals surface area contributed by atoms with Crippen LogP contribution in [0.15, 0.2) is 24.3 Å². The summed E-state index contributed by atoms with van der Waals surface area (Å²) >= 11 is 0. The fraction of sp³-hybridized carbons (Fsp3) is 0.538. The molecular formula is C13H19F3N2O2S. The summed E-state index contributed by atoms with van der Waals surface area (Å²) in [5, 5.41) is 3.10. The SMILES string of the molecule is CCNCc1cccc(CS(=O)(=O)N(C)CC(F)(F)F)c1. The Kier molecular flexibility index (Phi) is 6.18. The van der Waals surface area contributed by atoms with Crippen molar-refractivity contribution in [3.8, 4) is 0 Å². The maximum Gasteiger partial charge on any atom is 0.402 e. The molecule has 0 fully saturated rings. The molecule has 0 radical (unpaired) electrons. The van der Waals surface area contributed by atoms with Gasteiger partial charge in [0, 0.05) is 13.6 Å². The second-order valence-corrected chi connectivity index (χ2v) is 6.80. The topological polar surface area (TPSA) is 49.4 Å². The molecule has 0 heterocycles. The Morgan fingerprint density at radius 2 is 1.86 bits per heavy atom. The maximum absolute atomic E-state index is 12.3. The minimum absolute atomic E-state index is 0.337. The third kappa shape index (κ3) is 6.45. The molecular weight excluding hydrogens is 305 g/mol. The first-order valence-corrected chi connectivity index (χ1v) is 8.04. The summed E-state index contributed by atoms with van der Waals surface area (Å²) in [6.45, 7) is 1.83. The van der Waals surface area contributed by atoms with Crippen molar-refractivity contribution in [3.05, 3.63) is 35.4 Å². The summed E-state index contributed by atoms with van der Waals surface area (Å²) in [6, 6.07) is 6.80. The van der Waals surface area contributed by atoms with Crippen LogP contribution in [-0.4, -0.2) is 39.0 Å². The first-order chi connectivity index (χ1) is 9.64. The van der Waals surface area contributed by atoms with Crippen molar-refractivity contribution in [2.24, 2.45) is 0 Å². The number of nitrogens with zero attached hydrogens (tertiary/aromatic N) is 1. The second-order valence-electron chi connectivity index (χ2n) is 4.73. The highest BCUT2D eigenvalue weighted by molar-refractivity contribution is 7.88. The first kappa shape index (κ1) is 17.9. The van der Waals surface area contributed by atoms with E-state index in [0.717, 1.165) is 19.2 Å². The number of nitrogens with one attached hydrogen (secondary N) is 1. The summed E-state index contributed by atoms with van der Waals surface area (Å²) in [4.78, 5) is 0. The Hall–Kier alpha value is -1.12. The molecule has 0 saturated heterocycles. The zero-order valence-electron chi connectivity index (χ0n) is 11.9. The number of alkyl halides is 3. The third-order valence-corrected chi connectivity index (χ3v) is 4.57. The normalized spacial score (nSPS) is 12.9. The van der Waals surface area contributed by atoms with Gasteiger partial charge in [-0.05, 0) is 17.7 Å². The van der Waals surface area contributed by atoms with Crippen molar-refractivity contribution in [1.29, 1.82) is 0 Å². The molecule has 8 heteroatoms. The molecule has 0 aliphatic rings. The lowest BCUT2D eigenvalue weighted by Crippen LogP contribution is -2.36. The van der Waals surface area contributed by atoms with E-state index in [1.54, 1.807) is 18.2 Å². The molecule has 0 aromatic heterocycles. The largest absolute Gasteiger partial charge is 0.402 e. The van der Waals surface area contributed by atoms with Crippen molar-refractivity contribution >= 4 is 10.0 Å². The molecule has 0 unspecified atom stereocenters. The maximum atomic E-state index is 12.3. The number of rotatable bonds is 7. The number of benzene rings is 1. The molecule has 1 aromatic carbocycles. The Bertz CT molecular complexity index is 559. The van der Waals surface area contributed by atoms with Crippen molar-refractivity contribution in [1.82, 2.24) is 9.62 Å². The zero-order chi connectivity index (χ0) is 16.1. The predicted octanol–water partition coefficient (Wildman–Crippen LogP) is 2.12. The van der Waals surface area contributed by atoms with Gasteiger partial charge in [-0.15, -0.1) is 0 Å². The fourth-order valence-corrected chi connectivity index (χ4v) is 2.93. The van der Waals surface area contributed by atoms with Crippen LogP contribution in [0, 0.1) is 0 Å². The van der Waals surface area contributed by atoms with Crippen molar-refractivity contribution in [3.63, 3.8) is 0 Å². The highest BCUT2D eigenvalue weighted by Crippen LogP contribution is 2.19. The highest BCUT2D eigenvalue weighted by atomic mass is 32.2. The molecule has 0 atom stereocenters. The minimum Gasteiger partial charge on any atom is -0.313 e. The molecule has 0 spiro atoms. The molecule has 0 aliphatic carbocycles. The molecule has 0 bridgehead atoms. The van der Waals surface area contributed by atoms with Gasteiger partial charge in [0.25, 0.3) is 0 Å². The molecule has 0 amide bonds. The average Bonchev–Trinajstić information content (AvgIpc) is 2.34. The van der Waals surface area contributed by atoms with Crippen LogP contribution in [0.1, 0.15) is 18.1 Å². The number of halogens is 3. The summed E-state index contributed by atoms with van der Waals surface area (Å²) in [5.74, 6) is -0.445. The van der Waals surface area contributed by atoms with Gasteiger partial charge in [-0.3, -0.25) is 0 Å². The Morgan fingerprint density at radius 3 is 2.43 bits per heavy atom. The van der Waals surface area contributed by atoms with Crippen LogP contribution in [0.4, 0.5) is 13.2 Å². The van der Waals surface area contributed by atoms with E-state index in [9.17, 15) is 21.6 Å². The Morgan fingerprint density at radius 1 is 1.24 bits per heavy atom. The summed E-state index contributed by atoms with van der Waals surface area (Å²) in [6.07, 6.45) is -4.55. The van der Waals surface area contributed by atoms with E-state index in [1.807, 2.05) is 13.0 Å². The van der Waals surface area contributed by atoms with Gasteiger partial charge in [0.15, 0.2) is 0 Å². The summed E-state index contributed by atoms with van der Waals surface area (Å²) < 4.78 is 61.0. The zero-order valence-corrected chi connectivity index (χ0v) is 12.8. The fourth-order valence-electron chi connectivity index (χ4n) is 1.77. The molecule has 120 valence electrons. The average molecular weight is 324 g/mol. The van der Waals surface area contributed by atoms with E-state index in [1.165, 1.54) is 0 Å². The lowest BCUT2D eigenvalue weighted by Gasteiger charge is -2.19. The lowest BCUT2D eigenvalue weighted by atomic mass is 10.1. The van der Waals surface area contributed by atoms with Crippen LogP contribution >= 0.6 is 0 Å². The number of sulfonamides is 1. The van der Waals surface area contributed by atoms with E-state index in [-0.39, 0.29) is 0 Å². The molecule has 1 rings (SSSR count). The molecule has 21 heavy (non-hydrogen) atoms. The van der Waals surface area contributed by atoms with Crippen LogP contribution in [-0.2, 0) is 22.3 Å². The predicted molar refractivity (Wildman–Crippen MR) is 75.1 cm³/mol. The smallest absolute Gasteiger partial charge is 0.313 e. The first-order valence-electron chi connectivity index (χ1n) is 6.43. The van der Waals surface area contributed by atoms with Crippen LogP contribution in [0.25, 0.3) is 0 Å². The number of hydrogen-bond donors (Lipinski definition) is 1. The Balaban J connectivity index is 2.79. The van der Waals surface area contributed by atoms with Gasteiger partial charge in [-0.1, -0.05) is 31.2 Å². The molecule has 0 aliphatic heterocycles.